The van der Waals surface area contributed by atoms with Crippen LogP contribution in [0.4, 0.5) is 0 Å². The van der Waals surface area contributed by atoms with Crippen LogP contribution in [0.2, 0.25) is 5.02 Å². The van der Waals surface area contributed by atoms with Crippen molar-refractivity contribution in [3.8, 4) is 0 Å². The molecule has 0 amide bonds. The van der Waals surface area contributed by atoms with Gasteiger partial charge in [-0.2, -0.15) is 11.8 Å². The highest BCUT2D eigenvalue weighted by molar-refractivity contribution is 7.99. The van der Waals surface area contributed by atoms with Gasteiger partial charge in [-0.3, -0.25) is 0 Å². The van der Waals surface area contributed by atoms with Gasteiger partial charge in [-0.25, -0.2) is 0 Å². The van der Waals surface area contributed by atoms with E-state index in [9.17, 15) is 0 Å². The van der Waals surface area contributed by atoms with Gasteiger partial charge in [0, 0.05) is 22.9 Å². The lowest BCUT2D eigenvalue weighted by Crippen LogP contribution is -2.34. The zero-order valence-electron chi connectivity index (χ0n) is 11.6. The molecule has 1 N–H and O–H groups in total. The van der Waals surface area contributed by atoms with Gasteiger partial charge in [0.15, 0.2) is 0 Å². The summed E-state index contributed by atoms with van der Waals surface area (Å²) in [7, 11) is 0. The van der Waals surface area contributed by atoms with E-state index >= 15 is 0 Å². The first-order valence-electron chi connectivity index (χ1n) is 6.48. The van der Waals surface area contributed by atoms with E-state index in [0.717, 1.165) is 18.0 Å². The molecular weight excluding hydrogens is 262 g/mol. The van der Waals surface area contributed by atoms with Crippen molar-refractivity contribution in [2.24, 2.45) is 5.41 Å². The number of thioether (sulfide) groups is 1. The SMILES string of the molecule is CSC(C)CNC1c2cc(Cl)ccc2CC1(C)C. The van der Waals surface area contributed by atoms with Crippen molar-refractivity contribution in [2.75, 3.05) is 12.8 Å². The third-order valence-electron chi connectivity index (χ3n) is 3.86. The van der Waals surface area contributed by atoms with Crippen LogP contribution >= 0.6 is 23.4 Å². The van der Waals surface area contributed by atoms with E-state index in [1.807, 2.05) is 17.8 Å². The van der Waals surface area contributed by atoms with Crippen LogP contribution in [0.25, 0.3) is 0 Å². The van der Waals surface area contributed by atoms with Gasteiger partial charge in [0.1, 0.15) is 0 Å². The first-order valence-corrected chi connectivity index (χ1v) is 8.15. The summed E-state index contributed by atoms with van der Waals surface area (Å²) in [6, 6.07) is 6.73. The highest BCUT2D eigenvalue weighted by Crippen LogP contribution is 2.45. The maximum Gasteiger partial charge on any atom is 0.0409 e. The van der Waals surface area contributed by atoms with Gasteiger partial charge in [-0.1, -0.05) is 38.4 Å². The van der Waals surface area contributed by atoms with Crippen LogP contribution in [0.1, 0.15) is 37.9 Å². The molecule has 0 saturated heterocycles. The molecule has 2 rings (SSSR count). The number of hydrogen-bond donors (Lipinski definition) is 1. The van der Waals surface area contributed by atoms with Gasteiger partial charge in [0.05, 0.1) is 0 Å². The predicted octanol–water partition coefficient (Wildman–Crippen LogP) is 4.30. The fourth-order valence-electron chi connectivity index (χ4n) is 2.76. The van der Waals surface area contributed by atoms with Crippen LogP contribution < -0.4 is 5.32 Å². The number of rotatable bonds is 4. The van der Waals surface area contributed by atoms with Crippen LogP contribution in [0.5, 0.6) is 0 Å². The normalized spacial score (nSPS) is 22.8. The monoisotopic (exact) mass is 283 g/mol. The van der Waals surface area contributed by atoms with Gasteiger partial charge in [0.25, 0.3) is 0 Å². The summed E-state index contributed by atoms with van der Waals surface area (Å²) in [5.41, 5.74) is 3.10. The molecule has 0 heterocycles. The molecule has 100 valence electrons. The summed E-state index contributed by atoms with van der Waals surface area (Å²) in [4.78, 5) is 0. The Morgan fingerprint density at radius 1 is 1.50 bits per heavy atom. The van der Waals surface area contributed by atoms with Gasteiger partial charge < -0.3 is 5.32 Å². The largest absolute Gasteiger partial charge is 0.308 e. The van der Waals surface area contributed by atoms with Crippen molar-refractivity contribution in [1.29, 1.82) is 0 Å². The molecule has 2 unspecified atom stereocenters. The summed E-state index contributed by atoms with van der Waals surface area (Å²) in [5.74, 6) is 0. The van der Waals surface area contributed by atoms with E-state index in [-0.39, 0.29) is 5.41 Å². The van der Waals surface area contributed by atoms with Gasteiger partial charge in [-0.05, 0) is 41.4 Å². The maximum absolute atomic E-state index is 6.14. The summed E-state index contributed by atoms with van der Waals surface area (Å²) in [5, 5.41) is 5.21. The second-order valence-corrected chi connectivity index (χ2v) is 7.61. The molecule has 1 aromatic rings. The molecule has 0 fully saturated rings. The van der Waals surface area contributed by atoms with Crippen LogP contribution in [0, 0.1) is 5.41 Å². The Balaban J connectivity index is 2.20. The zero-order valence-corrected chi connectivity index (χ0v) is 13.2. The summed E-state index contributed by atoms with van der Waals surface area (Å²) in [6.45, 7) is 7.98. The van der Waals surface area contributed by atoms with E-state index in [4.69, 9.17) is 11.6 Å². The predicted molar refractivity (Wildman–Crippen MR) is 82.7 cm³/mol. The molecule has 0 aliphatic heterocycles. The van der Waals surface area contributed by atoms with Crippen molar-refractivity contribution >= 4 is 23.4 Å². The molecule has 1 aromatic carbocycles. The average molecular weight is 284 g/mol. The van der Waals surface area contributed by atoms with Crippen LogP contribution in [0.15, 0.2) is 18.2 Å². The molecule has 1 aliphatic carbocycles. The van der Waals surface area contributed by atoms with Crippen molar-refractivity contribution in [2.45, 2.75) is 38.5 Å². The lowest BCUT2D eigenvalue weighted by molar-refractivity contribution is 0.271. The smallest absolute Gasteiger partial charge is 0.0409 e. The molecule has 0 radical (unpaired) electrons. The Labute approximate surface area is 120 Å². The quantitative estimate of drug-likeness (QED) is 0.884. The number of halogens is 1. The van der Waals surface area contributed by atoms with Crippen LogP contribution in [-0.2, 0) is 6.42 Å². The minimum atomic E-state index is 0.269. The second kappa shape index (κ2) is 5.44. The summed E-state index contributed by atoms with van der Waals surface area (Å²) in [6.07, 6.45) is 3.29. The Bertz CT molecular complexity index is 431. The minimum Gasteiger partial charge on any atom is -0.308 e. The molecule has 1 nitrogen and oxygen atoms in total. The lowest BCUT2D eigenvalue weighted by atomic mass is 9.85. The van der Waals surface area contributed by atoms with Crippen LogP contribution in [-0.4, -0.2) is 18.1 Å². The van der Waals surface area contributed by atoms with Crippen molar-refractivity contribution < 1.29 is 0 Å². The van der Waals surface area contributed by atoms with E-state index in [1.54, 1.807) is 0 Å². The van der Waals surface area contributed by atoms with Crippen molar-refractivity contribution in [3.05, 3.63) is 34.3 Å². The first-order chi connectivity index (χ1) is 8.44. The van der Waals surface area contributed by atoms with E-state index in [2.05, 4.69) is 44.5 Å². The number of fused-ring (bicyclic) bond motifs is 1. The Hall–Kier alpha value is -0.180. The van der Waals surface area contributed by atoms with Gasteiger partial charge in [-0.15, -0.1) is 0 Å². The fourth-order valence-corrected chi connectivity index (χ4v) is 3.21. The molecule has 0 bridgehead atoms. The molecule has 18 heavy (non-hydrogen) atoms. The van der Waals surface area contributed by atoms with Crippen molar-refractivity contribution in [3.63, 3.8) is 0 Å². The topological polar surface area (TPSA) is 12.0 Å². The third kappa shape index (κ3) is 2.87. The van der Waals surface area contributed by atoms with Crippen LogP contribution in [0.3, 0.4) is 0 Å². The second-order valence-electron chi connectivity index (χ2n) is 5.90. The van der Waals surface area contributed by atoms with Gasteiger partial charge in [0.2, 0.25) is 0 Å². The van der Waals surface area contributed by atoms with E-state index < -0.39 is 0 Å². The number of hydrogen-bond acceptors (Lipinski definition) is 2. The Morgan fingerprint density at radius 2 is 2.22 bits per heavy atom. The van der Waals surface area contributed by atoms with Gasteiger partial charge >= 0.3 is 0 Å². The lowest BCUT2D eigenvalue weighted by Gasteiger charge is -2.29. The Kier molecular flexibility index (Phi) is 4.30. The molecular formula is C15H22ClNS. The van der Waals surface area contributed by atoms with E-state index in [1.165, 1.54) is 11.1 Å². The highest BCUT2D eigenvalue weighted by Gasteiger charge is 2.38. The molecule has 1 aliphatic rings. The van der Waals surface area contributed by atoms with E-state index in [0.29, 0.717) is 11.3 Å². The third-order valence-corrected chi connectivity index (χ3v) is 5.06. The average Bonchev–Trinajstić information content (AvgIpc) is 2.56. The molecule has 3 heteroatoms. The summed E-state index contributed by atoms with van der Waals surface area (Å²) < 4.78 is 0. The molecule has 0 spiro atoms. The fraction of sp³-hybridized carbons (Fsp3) is 0.600. The first kappa shape index (κ1) is 14.2. The molecule has 2 atom stereocenters. The number of nitrogens with one attached hydrogen (secondary N) is 1. The maximum atomic E-state index is 6.14. The van der Waals surface area contributed by atoms with Crippen molar-refractivity contribution in [1.82, 2.24) is 5.32 Å². The summed E-state index contributed by atoms with van der Waals surface area (Å²) >= 11 is 8.04. The highest BCUT2D eigenvalue weighted by atomic mass is 35.5. The zero-order chi connectivity index (χ0) is 13.3. The number of benzene rings is 1. The Morgan fingerprint density at radius 3 is 2.89 bits per heavy atom. The minimum absolute atomic E-state index is 0.269. The molecule has 0 aromatic heterocycles. The standard InChI is InChI=1S/C15H22ClNS/c1-10(18-4)9-17-14-13-7-12(16)6-5-11(13)8-15(14,2)3/h5-7,10,14,17H,8-9H2,1-4H3. The molecule has 0 saturated carbocycles.